The summed E-state index contributed by atoms with van der Waals surface area (Å²) in [6, 6.07) is 6.65. The predicted octanol–water partition coefficient (Wildman–Crippen LogP) is 5.00. The lowest BCUT2D eigenvalue weighted by Crippen LogP contribution is -2.20. The van der Waals surface area contributed by atoms with Crippen LogP contribution in [0.4, 0.5) is 0 Å². The van der Waals surface area contributed by atoms with E-state index in [-0.39, 0.29) is 0 Å². The van der Waals surface area contributed by atoms with Crippen LogP contribution in [0.3, 0.4) is 0 Å². The Labute approximate surface area is 123 Å². The third kappa shape index (κ3) is 3.47. The SMILES string of the molecule is CC1CCC(CNCc2cc(-c3cccs3)cs2)C1. The molecule has 1 aliphatic carbocycles. The Kier molecular flexibility index (Phi) is 4.36. The lowest BCUT2D eigenvalue weighted by atomic mass is 10.1. The first-order chi connectivity index (χ1) is 9.31. The van der Waals surface area contributed by atoms with Crippen molar-refractivity contribution in [2.75, 3.05) is 6.54 Å². The van der Waals surface area contributed by atoms with Crippen LogP contribution in [0.2, 0.25) is 0 Å². The lowest BCUT2D eigenvalue weighted by Gasteiger charge is -2.10. The summed E-state index contributed by atoms with van der Waals surface area (Å²) in [5, 5.41) is 8.06. The zero-order valence-electron chi connectivity index (χ0n) is 11.4. The van der Waals surface area contributed by atoms with Crippen molar-refractivity contribution in [2.45, 2.75) is 32.7 Å². The summed E-state index contributed by atoms with van der Waals surface area (Å²) in [6.07, 6.45) is 4.25. The maximum absolute atomic E-state index is 3.64. The lowest BCUT2D eigenvalue weighted by molar-refractivity contribution is 0.472. The highest BCUT2D eigenvalue weighted by Gasteiger charge is 2.20. The van der Waals surface area contributed by atoms with Gasteiger partial charge in [-0.3, -0.25) is 0 Å². The van der Waals surface area contributed by atoms with Gasteiger partial charge < -0.3 is 5.32 Å². The van der Waals surface area contributed by atoms with Crippen LogP contribution in [0.1, 0.15) is 31.1 Å². The molecule has 3 heteroatoms. The van der Waals surface area contributed by atoms with E-state index in [1.807, 2.05) is 22.7 Å². The Morgan fingerprint density at radius 1 is 1.32 bits per heavy atom. The second-order valence-electron chi connectivity index (χ2n) is 5.69. The monoisotopic (exact) mass is 291 g/mol. The largest absolute Gasteiger partial charge is 0.312 e. The van der Waals surface area contributed by atoms with Crippen molar-refractivity contribution in [3.05, 3.63) is 33.8 Å². The average Bonchev–Trinajstić information content (AvgIpc) is 3.09. The quantitative estimate of drug-likeness (QED) is 0.817. The van der Waals surface area contributed by atoms with E-state index < -0.39 is 0 Å². The van der Waals surface area contributed by atoms with Crippen LogP contribution < -0.4 is 5.32 Å². The van der Waals surface area contributed by atoms with Crippen molar-refractivity contribution in [1.29, 1.82) is 0 Å². The first kappa shape index (κ1) is 13.3. The fourth-order valence-electron chi connectivity index (χ4n) is 2.96. The van der Waals surface area contributed by atoms with Crippen LogP contribution in [-0.2, 0) is 6.54 Å². The van der Waals surface area contributed by atoms with Crippen LogP contribution in [-0.4, -0.2) is 6.54 Å². The highest BCUT2D eigenvalue weighted by atomic mass is 32.1. The molecule has 0 spiro atoms. The minimum atomic E-state index is 0.909. The molecule has 2 aromatic heterocycles. The molecule has 1 N–H and O–H groups in total. The molecule has 2 heterocycles. The molecule has 1 saturated carbocycles. The third-order valence-corrected chi connectivity index (χ3v) is 5.85. The van der Waals surface area contributed by atoms with Gasteiger partial charge in [0.05, 0.1) is 0 Å². The van der Waals surface area contributed by atoms with Crippen molar-refractivity contribution in [3.63, 3.8) is 0 Å². The van der Waals surface area contributed by atoms with Crippen LogP contribution in [0.5, 0.6) is 0 Å². The van der Waals surface area contributed by atoms with Crippen LogP contribution in [0, 0.1) is 11.8 Å². The third-order valence-electron chi connectivity index (χ3n) is 4.00. The maximum atomic E-state index is 3.64. The van der Waals surface area contributed by atoms with Crippen molar-refractivity contribution in [1.82, 2.24) is 5.32 Å². The van der Waals surface area contributed by atoms with Gasteiger partial charge in [0.2, 0.25) is 0 Å². The van der Waals surface area contributed by atoms with Crippen LogP contribution in [0.25, 0.3) is 10.4 Å². The molecule has 1 nitrogen and oxygen atoms in total. The Morgan fingerprint density at radius 3 is 3.00 bits per heavy atom. The fourth-order valence-corrected chi connectivity index (χ4v) is 4.60. The minimum absolute atomic E-state index is 0.909. The van der Waals surface area contributed by atoms with Crippen molar-refractivity contribution in [3.8, 4) is 10.4 Å². The number of hydrogen-bond donors (Lipinski definition) is 1. The molecule has 0 aliphatic heterocycles. The molecule has 0 amide bonds. The highest BCUT2D eigenvalue weighted by Crippen LogP contribution is 2.31. The van der Waals surface area contributed by atoms with E-state index >= 15 is 0 Å². The molecule has 2 unspecified atom stereocenters. The van der Waals surface area contributed by atoms with Crippen molar-refractivity contribution in [2.24, 2.45) is 11.8 Å². The predicted molar refractivity (Wildman–Crippen MR) is 85.8 cm³/mol. The summed E-state index contributed by atoms with van der Waals surface area (Å²) >= 11 is 3.70. The van der Waals surface area contributed by atoms with Gasteiger partial charge in [0.1, 0.15) is 0 Å². The first-order valence-electron chi connectivity index (χ1n) is 7.13. The van der Waals surface area contributed by atoms with Gasteiger partial charge in [-0.15, -0.1) is 22.7 Å². The zero-order chi connectivity index (χ0) is 13.1. The Bertz CT molecular complexity index is 501. The molecule has 19 heavy (non-hydrogen) atoms. The molecule has 2 aromatic rings. The fraction of sp³-hybridized carbons (Fsp3) is 0.500. The summed E-state index contributed by atoms with van der Waals surface area (Å²) < 4.78 is 0. The summed E-state index contributed by atoms with van der Waals surface area (Å²) in [4.78, 5) is 2.83. The van der Waals surface area contributed by atoms with E-state index in [0.29, 0.717) is 0 Å². The molecule has 2 atom stereocenters. The standard InChI is InChI=1S/C16H21NS2/c1-12-4-5-13(7-12)9-17-10-15-8-14(11-19-15)16-3-2-6-18-16/h2-3,6,8,11-13,17H,4-5,7,9-10H2,1H3. The Balaban J connectivity index is 1.48. The van der Waals surface area contributed by atoms with Gasteiger partial charge in [0.25, 0.3) is 0 Å². The topological polar surface area (TPSA) is 12.0 Å². The number of rotatable bonds is 5. The second-order valence-corrected chi connectivity index (χ2v) is 7.64. The van der Waals surface area contributed by atoms with Crippen LogP contribution >= 0.6 is 22.7 Å². The van der Waals surface area contributed by atoms with Gasteiger partial charge in [-0.2, -0.15) is 0 Å². The van der Waals surface area contributed by atoms with Gasteiger partial charge in [-0.1, -0.05) is 19.4 Å². The van der Waals surface area contributed by atoms with E-state index in [1.165, 1.54) is 41.1 Å². The van der Waals surface area contributed by atoms with Gasteiger partial charge >= 0.3 is 0 Å². The first-order valence-corrected chi connectivity index (χ1v) is 8.89. The molecule has 3 rings (SSSR count). The minimum Gasteiger partial charge on any atom is -0.312 e. The highest BCUT2D eigenvalue weighted by molar-refractivity contribution is 7.14. The van der Waals surface area contributed by atoms with Gasteiger partial charge in [0, 0.05) is 21.9 Å². The zero-order valence-corrected chi connectivity index (χ0v) is 13.0. The average molecular weight is 291 g/mol. The summed E-state index contributed by atoms with van der Waals surface area (Å²) in [6.45, 7) is 4.60. The van der Waals surface area contributed by atoms with Crippen LogP contribution in [0.15, 0.2) is 29.0 Å². The molecule has 0 bridgehead atoms. The number of nitrogens with one attached hydrogen (secondary N) is 1. The normalized spacial score (nSPS) is 23.0. The van der Waals surface area contributed by atoms with Gasteiger partial charge in [-0.25, -0.2) is 0 Å². The molecular weight excluding hydrogens is 270 g/mol. The van der Waals surface area contributed by atoms with Gasteiger partial charge in [-0.05, 0) is 54.1 Å². The number of thiophene rings is 2. The summed E-state index contributed by atoms with van der Waals surface area (Å²) in [5.74, 6) is 1.85. The Morgan fingerprint density at radius 2 is 2.26 bits per heavy atom. The van der Waals surface area contributed by atoms with E-state index in [0.717, 1.165) is 18.4 Å². The maximum Gasteiger partial charge on any atom is 0.0351 e. The molecule has 102 valence electrons. The van der Waals surface area contributed by atoms with Crippen molar-refractivity contribution >= 4 is 22.7 Å². The molecule has 1 aliphatic rings. The van der Waals surface area contributed by atoms with E-state index in [2.05, 4.69) is 41.2 Å². The molecular formula is C16H21NS2. The van der Waals surface area contributed by atoms with E-state index in [9.17, 15) is 0 Å². The van der Waals surface area contributed by atoms with Crippen molar-refractivity contribution < 1.29 is 0 Å². The molecule has 0 radical (unpaired) electrons. The smallest absolute Gasteiger partial charge is 0.0351 e. The molecule has 0 saturated heterocycles. The van der Waals surface area contributed by atoms with Gasteiger partial charge in [0.15, 0.2) is 0 Å². The summed E-state index contributed by atoms with van der Waals surface area (Å²) in [5.41, 5.74) is 1.38. The second kappa shape index (κ2) is 6.21. The summed E-state index contributed by atoms with van der Waals surface area (Å²) in [7, 11) is 0. The molecule has 0 aromatic carbocycles. The molecule has 1 fully saturated rings. The Hall–Kier alpha value is -0.640. The van der Waals surface area contributed by atoms with E-state index in [1.54, 1.807) is 0 Å². The van der Waals surface area contributed by atoms with E-state index in [4.69, 9.17) is 0 Å². The number of hydrogen-bond acceptors (Lipinski definition) is 3.